The summed E-state index contributed by atoms with van der Waals surface area (Å²) in [5, 5.41) is 2.20. The molecule has 1 atom stereocenters. The van der Waals surface area contributed by atoms with Crippen LogP contribution in [0, 0.1) is 0 Å². The standard InChI is InChI=1S/C23H26ClNO5/c1-22(2,3)30-20(27)23(24,19(26)15-14-17-10-6-4-7-11-17)25-21(28)29-16-18-12-8-5-9-13-18/h4-13H,14-16H2,1-3H3,(H,25,28)/t23-/m1/s1. The zero-order chi connectivity index (χ0) is 22.2. The Morgan fingerprint density at radius 1 is 0.900 bits per heavy atom. The van der Waals surface area contributed by atoms with E-state index in [1.165, 1.54) is 0 Å². The number of alkyl carbamates (subject to hydrolysis) is 1. The van der Waals surface area contributed by atoms with E-state index in [-0.39, 0.29) is 13.0 Å². The molecule has 0 aromatic heterocycles. The monoisotopic (exact) mass is 431 g/mol. The second kappa shape index (κ2) is 10.3. The normalized spacial score (nSPS) is 13.1. The molecule has 2 aromatic rings. The van der Waals surface area contributed by atoms with Crippen molar-refractivity contribution >= 4 is 29.4 Å². The molecule has 7 heteroatoms. The second-order valence-electron chi connectivity index (χ2n) is 7.76. The number of nitrogens with one attached hydrogen (secondary N) is 1. The number of rotatable bonds is 8. The number of ketones is 1. The Bertz CT molecular complexity index is 864. The molecule has 0 saturated carbocycles. The van der Waals surface area contributed by atoms with Crippen molar-refractivity contribution < 1.29 is 23.9 Å². The van der Waals surface area contributed by atoms with Gasteiger partial charge in [-0.25, -0.2) is 9.59 Å². The van der Waals surface area contributed by atoms with Gasteiger partial charge in [0.25, 0.3) is 5.00 Å². The van der Waals surface area contributed by atoms with Crippen LogP contribution in [0.25, 0.3) is 0 Å². The number of aryl methyl sites for hydroxylation is 1. The van der Waals surface area contributed by atoms with Crippen molar-refractivity contribution in [3.05, 3.63) is 71.8 Å². The first kappa shape index (κ1) is 23.4. The molecular weight excluding hydrogens is 406 g/mol. The topological polar surface area (TPSA) is 81.7 Å². The highest BCUT2D eigenvalue weighted by Gasteiger charge is 2.48. The van der Waals surface area contributed by atoms with Gasteiger partial charge in [0.15, 0.2) is 5.78 Å². The van der Waals surface area contributed by atoms with Crippen LogP contribution >= 0.6 is 11.6 Å². The van der Waals surface area contributed by atoms with Crippen LogP contribution < -0.4 is 5.32 Å². The van der Waals surface area contributed by atoms with Gasteiger partial charge < -0.3 is 9.47 Å². The molecule has 0 aliphatic carbocycles. The van der Waals surface area contributed by atoms with Crippen molar-refractivity contribution in [3.8, 4) is 0 Å². The van der Waals surface area contributed by atoms with Crippen LogP contribution in [-0.2, 0) is 32.1 Å². The average Bonchev–Trinajstić information content (AvgIpc) is 2.70. The van der Waals surface area contributed by atoms with Crippen molar-refractivity contribution in [1.82, 2.24) is 5.32 Å². The molecule has 0 heterocycles. The molecule has 1 amide bonds. The fourth-order valence-electron chi connectivity index (χ4n) is 2.56. The van der Waals surface area contributed by atoms with Gasteiger partial charge in [0.1, 0.15) is 12.2 Å². The number of Topliss-reactive ketones (excluding diaryl/α,β-unsaturated/α-hetero) is 1. The van der Waals surface area contributed by atoms with Gasteiger partial charge in [-0.2, -0.15) is 0 Å². The Kier molecular flexibility index (Phi) is 8.00. The first-order chi connectivity index (χ1) is 14.1. The van der Waals surface area contributed by atoms with Crippen LogP contribution in [0.2, 0.25) is 0 Å². The maximum absolute atomic E-state index is 12.9. The molecular formula is C23H26ClNO5. The summed E-state index contributed by atoms with van der Waals surface area (Å²) >= 11 is 6.35. The lowest BCUT2D eigenvalue weighted by atomic mass is 10.0. The summed E-state index contributed by atoms with van der Waals surface area (Å²) in [5.74, 6) is -1.73. The lowest BCUT2D eigenvalue weighted by Crippen LogP contribution is -2.58. The average molecular weight is 432 g/mol. The molecule has 2 rings (SSSR count). The molecule has 0 bridgehead atoms. The molecule has 6 nitrogen and oxygen atoms in total. The fourth-order valence-corrected chi connectivity index (χ4v) is 2.77. The number of carbonyl (C=O) groups excluding carboxylic acids is 3. The second-order valence-corrected chi connectivity index (χ2v) is 8.32. The minimum Gasteiger partial charge on any atom is -0.457 e. The predicted molar refractivity (Wildman–Crippen MR) is 114 cm³/mol. The Labute approximate surface area is 181 Å². The number of esters is 1. The van der Waals surface area contributed by atoms with Crippen LogP contribution in [0.15, 0.2) is 60.7 Å². The van der Waals surface area contributed by atoms with Gasteiger partial charge in [-0.1, -0.05) is 72.3 Å². The Morgan fingerprint density at radius 3 is 1.97 bits per heavy atom. The highest BCUT2D eigenvalue weighted by atomic mass is 35.5. The molecule has 160 valence electrons. The van der Waals surface area contributed by atoms with Crippen LogP contribution in [0.5, 0.6) is 0 Å². The molecule has 30 heavy (non-hydrogen) atoms. The Hall–Kier alpha value is -2.86. The van der Waals surface area contributed by atoms with Crippen molar-refractivity contribution in [2.45, 2.75) is 50.8 Å². The summed E-state index contributed by atoms with van der Waals surface area (Å²) in [6.07, 6.45) is -0.698. The van der Waals surface area contributed by atoms with Gasteiger partial charge in [-0.3, -0.25) is 10.1 Å². The largest absolute Gasteiger partial charge is 0.457 e. The zero-order valence-corrected chi connectivity index (χ0v) is 18.1. The van der Waals surface area contributed by atoms with Gasteiger partial charge in [-0.05, 0) is 38.3 Å². The molecule has 1 N–H and O–H groups in total. The minimum atomic E-state index is -2.38. The van der Waals surface area contributed by atoms with E-state index in [9.17, 15) is 14.4 Å². The van der Waals surface area contributed by atoms with E-state index in [1.807, 2.05) is 36.4 Å². The number of amides is 1. The van der Waals surface area contributed by atoms with E-state index in [4.69, 9.17) is 21.1 Å². The lowest BCUT2D eigenvalue weighted by molar-refractivity contribution is -0.161. The summed E-state index contributed by atoms with van der Waals surface area (Å²) in [6.45, 7) is 4.89. The van der Waals surface area contributed by atoms with Crippen molar-refractivity contribution in [2.75, 3.05) is 0 Å². The number of benzene rings is 2. The molecule has 0 spiro atoms. The molecule has 2 aromatic carbocycles. The SMILES string of the molecule is CC(C)(C)OC(=O)[C@](Cl)(NC(=O)OCc1ccccc1)C(=O)CCc1ccccc1. The fraction of sp³-hybridized carbons (Fsp3) is 0.348. The maximum atomic E-state index is 12.9. The molecule has 0 aliphatic rings. The summed E-state index contributed by atoms with van der Waals surface area (Å²) in [5.41, 5.74) is 0.758. The minimum absolute atomic E-state index is 0.0355. The van der Waals surface area contributed by atoms with Gasteiger partial charge >= 0.3 is 12.1 Å². The van der Waals surface area contributed by atoms with Gasteiger partial charge in [0.2, 0.25) is 0 Å². The van der Waals surface area contributed by atoms with E-state index >= 15 is 0 Å². The predicted octanol–water partition coefficient (Wildman–Crippen LogP) is 4.39. The Morgan fingerprint density at radius 2 is 1.43 bits per heavy atom. The number of carbonyl (C=O) groups is 3. The van der Waals surface area contributed by atoms with E-state index < -0.39 is 28.4 Å². The van der Waals surface area contributed by atoms with Gasteiger partial charge in [0.05, 0.1) is 0 Å². The molecule has 0 aliphatic heterocycles. The summed E-state index contributed by atoms with van der Waals surface area (Å²) in [6, 6.07) is 18.3. The summed E-state index contributed by atoms with van der Waals surface area (Å²) < 4.78 is 10.4. The van der Waals surface area contributed by atoms with E-state index in [2.05, 4.69) is 5.32 Å². The van der Waals surface area contributed by atoms with Crippen molar-refractivity contribution in [3.63, 3.8) is 0 Å². The third kappa shape index (κ3) is 7.19. The molecule has 0 fully saturated rings. The van der Waals surface area contributed by atoms with Crippen LogP contribution in [0.4, 0.5) is 4.79 Å². The van der Waals surface area contributed by atoms with Crippen LogP contribution in [0.3, 0.4) is 0 Å². The van der Waals surface area contributed by atoms with Crippen LogP contribution in [0.1, 0.15) is 38.3 Å². The van der Waals surface area contributed by atoms with E-state index in [0.717, 1.165) is 11.1 Å². The third-order valence-electron chi connectivity index (χ3n) is 4.04. The van der Waals surface area contributed by atoms with E-state index in [0.29, 0.717) is 6.42 Å². The molecule has 0 saturated heterocycles. The summed E-state index contributed by atoms with van der Waals surface area (Å²) in [4.78, 5) is 35.5. The third-order valence-corrected chi connectivity index (χ3v) is 4.49. The number of ether oxygens (including phenoxy) is 2. The first-order valence-corrected chi connectivity index (χ1v) is 9.96. The highest BCUT2D eigenvalue weighted by Crippen LogP contribution is 2.23. The maximum Gasteiger partial charge on any atom is 0.409 e. The highest BCUT2D eigenvalue weighted by molar-refractivity contribution is 6.46. The number of alkyl halides is 1. The lowest BCUT2D eigenvalue weighted by Gasteiger charge is -2.29. The Balaban J connectivity index is 2.10. The summed E-state index contributed by atoms with van der Waals surface area (Å²) in [7, 11) is 0. The smallest absolute Gasteiger partial charge is 0.409 e. The van der Waals surface area contributed by atoms with Crippen molar-refractivity contribution in [2.24, 2.45) is 0 Å². The number of hydrogen-bond donors (Lipinski definition) is 1. The number of halogens is 1. The zero-order valence-electron chi connectivity index (χ0n) is 17.3. The first-order valence-electron chi connectivity index (χ1n) is 9.58. The van der Waals surface area contributed by atoms with Gasteiger partial charge in [0, 0.05) is 6.42 Å². The van der Waals surface area contributed by atoms with Crippen molar-refractivity contribution in [1.29, 1.82) is 0 Å². The molecule has 0 radical (unpaired) electrons. The number of hydrogen-bond acceptors (Lipinski definition) is 5. The van der Waals surface area contributed by atoms with Gasteiger partial charge in [-0.15, -0.1) is 0 Å². The molecule has 0 unspecified atom stereocenters. The quantitative estimate of drug-likeness (QED) is 0.290. The van der Waals surface area contributed by atoms with E-state index in [1.54, 1.807) is 45.0 Å². The van der Waals surface area contributed by atoms with Crippen LogP contribution in [-0.4, -0.2) is 28.4 Å².